The number of hydrogen-bond acceptors (Lipinski definition) is 1. The van der Waals surface area contributed by atoms with E-state index in [2.05, 4.69) is 96.7 Å². The van der Waals surface area contributed by atoms with E-state index in [4.69, 9.17) is 18.6 Å². The maximum absolute atomic E-state index is 8.08. The van der Waals surface area contributed by atoms with Crippen molar-refractivity contribution in [2.75, 3.05) is 0 Å². The summed E-state index contributed by atoms with van der Waals surface area (Å²) in [7, 11) is 10.9. The Morgan fingerprint density at radius 3 is 1.58 bits per heavy atom. The molecule has 1 nitrogen and oxygen atoms in total. The summed E-state index contributed by atoms with van der Waals surface area (Å²) in [5, 5.41) is 4.46. The second-order valence-electron chi connectivity index (χ2n) is 11.2. The van der Waals surface area contributed by atoms with Gasteiger partial charge in [0.25, 0.3) is 0 Å². The van der Waals surface area contributed by atoms with E-state index >= 15 is 0 Å². The molecule has 0 aromatic heterocycles. The molecule has 26 heavy (non-hydrogen) atoms. The van der Waals surface area contributed by atoms with E-state index in [1.807, 2.05) is 0 Å². The standard InChI is InChI=1S/C13H9.C4H10N.C2H7Si.2CH3.2ClH.Ti/c1-3-7-12-10(5-1)9-11-6-2-4-8-13(11)12;1-4(2,3)5;1-3-2;;;;;/h1-9H;5H,1-3H3;3H,1-2H3;2*1H3;2*1H;/q;-1;;;;;;+3/p-2. The van der Waals surface area contributed by atoms with Gasteiger partial charge in [-0.3, -0.25) is 0 Å². The Hall–Kier alpha value is -0.0888. The molecule has 0 bridgehead atoms. The van der Waals surface area contributed by atoms with Crippen LogP contribution >= 0.6 is 18.6 Å². The van der Waals surface area contributed by atoms with E-state index in [-0.39, 0.29) is 9.76 Å². The SMILES string of the molecule is C[SiH](C)[Ti]([CH3])([CH3])([Cl])([Cl])([NH]C(C)(C)C)[CH]1c2ccccc2-c2ccccc21. The molecule has 0 spiro atoms. The van der Waals surface area contributed by atoms with Gasteiger partial charge >= 0.3 is 164 Å². The summed E-state index contributed by atoms with van der Waals surface area (Å²) < 4.78 is 3.95. The summed E-state index contributed by atoms with van der Waals surface area (Å²) in [6.07, 6.45) is 0. The van der Waals surface area contributed by atoms with Gasteiger partial charge in [0, 0.05) is 0 Å². The molecule has 143 valence electrons. The quantitative estimate of drug-likeness (QED) is 0.493. The molecule has 0 atom stereocenters. The van der Waals surface area contributed by atoms with Crippen molar-refractivity contribution in [2.45, 2.75) is 54.1 Å². The molecule has 0 heterocycles. The topological polar surface area (TPSA) is 12.0 Å². The molecule has 2 aromatic rings. The summed E-state index contributed by atoms with van der Waals surface area (Å²) in [4.78, 5) is 0. The fraction of sp³-hybridized carbons (Fsp3) is 0.429. The van der Waals surface area contributed by atoms with Crippen molar-refractivity contribution < 1.29 is 10.1 Å². The Morgan fingerprint density at radius 2 is 1.23 bits per heavy atom. The average Bonchev–Trinajstić information content (AvgIpc) is 2.80. The van der Waals surface area contributed by atoms with Gasteiger partial charge in [-0.1, -0.05) is 0 Å². The summed E-state index contributed by atoms with van der Waals surface area (Å²) in [6.45, 7) is 9.55. The molecule has 0 saturated carbocycles. The van der Waals surface area contributed by atoms with Crippen molar-refractivity contribution in [1.29, 1.82) is 0 Å². The summed E-state index contributed by atoms with van der Waals surface area (Å²) in [5.41, 5.74) is 4.91. The molecule has 0 aliphatic heterocycles. The second-order valence-corrected chi connectivity index (χ2v) is 59.4. The zero-order chi connectivity index (χ0) is 19.7. The number of hydrogen-bond donors (Lipinski definition) is 1. The van der Waals surface area contributed by atoms with Crippen LogP contribution in [0.5, 0.6) is 0 Å². The van der Waals surface area contributed by atoms with Crippen molar-refractivity contribution in [1.82, 2.24) is 3.80 Å². The van der Waals surface area contributed by atoms with Crippen LogP contribution in [-0.2, 0) is 10.1 Å². The Kier molecular flexibility index (Phi) is 3.89. The minimum absolute atomic E-state index is 0.00511. The Balaban J connectivity index is 2.49. The van der Waals surface area contributed by atoms with E-state index in [1.54, 1.807) is 0 Å². The first-order valence-electron chi connectivity index (χ1n) is 9.59. The predicted molar refractivity (Wildman–Crippen MR) is 119 cm³/mol. The monoisotopic (exact) mass is 444 g/mol. The number of benzene rings is 2. The molecule has 5 heteroatoms. The third-order valence-corrected chi connectivity index (χ3v) is 54.6. The third kappa shape index (κ3) is 2.80. The van der Waals surface area contributed by atoms with Crippen molar-refractivity contribution in [2.24, 2.45) is 0 Å². The van der Waals surface area contributed by atoms with Crippen LogP contribution in [0.2, 0.25) is 23.6 Å². The molecule has 0 saturated heterocycles. The van der Waals surface area contributed by atoms with Gasteiger partial charge in [0.2, 0.25) is 0 Å². The van der Waals surface area contributed by atoms with Gasteiger partial charge in [0.15, 0.2) is 0 Å². The minimum atomic E-state index is -5.30. The first-order chi connectivity index (χ1) is 11.5. The molecule has 3 rings (SSSR count). The fourth-order valence-corrected chi connectivity index (χ4v) is 27.7. The molecular formula is C21H32Cl2NSiTi. The Bertz CT molecular complexity index is 872. The fourth-order valence-electron chi connectivity index (χ4n) is 5.36. The molecule has 0 fully saturated rings. The number of nitrogens with one attached hydrogen (secondary N) is 1. The van der Waals surface area contributed by atoms with Gasteiger partial charge in [-0.2, -0.15) is 0 Å². The van der Waals surface area contributed by atoms with E-state index in [1.165, 1.54) is 22.3 Å². The van der Waals surface area contributed by atoms with Gasteiger partial charge in [-0.25, -0.2) is 0 Å². The van der Waals surface area contributed by atoms with Crippen LogP contribution in [0.1, 0.15) is 36.1 Å². The van der Waals surface area contributed by atoms with Crippen LogP contribution in [0.25, 0.3) is 11.1 Å². The first kappa shape index (κ1) is 20.6. The number of fused-ring (bicyclic) bond motifs is 3. The zero-order valence-corrected chi connectivity index (χ0v) is 21.3. The molecular weight excluding hydrogens is 413 g/mol. The molecule has 0 radical (unpaired) electrons. The molecule has 1 aliphatic carbocycles. The normalized spacial score (nSPS) is 19.2. The first-order valence-corrected chi connectivity index (χ1v) is 24.3. The van der Waals surface area contributed by atoms with Gasteiger partial charge in [-0.05, 0) is 0 Å². The van der Waals surface area contributed by atoms with E-state index in [0.29, 0.717) is 0 Å². The molecule has 1 aliphatic rings. The van der Waals surface area contributed by atoms with Crippen LogP contribution in [0.4, 0.5) is 0 Å². The van der Waals surface area contributed by atoms with Gasteiger partial charge in [0.1, 0.15) is 0 Å². The summed E-state index contributed by atoms with van der Waals surface area (Å²) >= 11 is 0. The average molecular weight is 445 g/mol. The van der Waals surface area contributed by atoms with E-state index < -0.39 is 16.8 Å². The molecule has 0 unspecified atom stereocenters. The Morgan fingerprint density at radius 1 is 0.846 bits per heavy atom. The Labute approximate surface area is 163 Å². The predicted octanol–water partition coefficient (Wildman–Crippen LogP) is 7.21. The second kappa shape index (κ2) is 4.90. The van der Waals surface area contributed by atoms with E-state index in [9.17, 15) is 0 Å². The van der Waals surface area contributed by atoms with Crippen LogP contribution in [0.3, 0.4) is 0 Å². The number of halogens is 2. The molecule has 1 N–H and O–H groups in total. The van der Waals surface area contributed by atoms with E-state index in [0.717, 1.165) is 0 Å². The zero-order valence-electron chi connectivity index (χ0n) is 17.0. The molecule has 2 aromatic carbocycles. The van der Waals surface area contributed by atoms with Gasteiger partial charge in [0.05, 0.1) is 0 Å². The molecule has 0 amide bonds. The van der Waals surface area contributed by atoms with Crippen LogP contribution < -0.4 is 3.80 Å². The number of rotatable bonds is 3. The van der Waals surface area contributed by atoms with Gasteiger partial charge in [-0.15, -0.1) is 0 Å². The van der Waals surface area contributed by atoms with Crippen LogP contribution in [-0.4, -0.2) is 12.2 Å². The maximum atomic E-state index is 8.08. The van der Waals surface area contributed by atoms with Crippen LogP contribution in [0.15, 0.2) is 48.5 Å². The van der Waals surface area contributed by atoms with Crippen LogP contribution in [0, 0.1) is 0 Å². The summed E-state index contributed by atoms with van der Waals surface area (Å²) in [5.74, 6) is 0. The third-order valence-electron chi connectivity index (χ3n) is 7.02. The van der Waals surface area contributed by atoms with Crippen molar-refractivity contribution in [3.8, 4) is 11.1 Å². The van der Waals surface area contributed by atoms with Crippen molar-refractivity contribution in [3.63, 3.8) is 0 Å². The van der Waals surface area contributed by atoms with Crippen molar-refractivity contribution in [3.05, 3.63) is 59.7 Å². The van der Waals surface area contributed by atoms with Crippen molar-refractivity contribution >= 4 is 25.3 Å². The summed E-state index contributed by atoms with van der Waals surface area (Å²) in [6, 6.07) is 17.3. The van der Waals surface area contributed by atoms with Gasteiger partial charge < -0.3 is 0 Å².